The van der Waals surface area contributed by atoms with Crippen LogP contribution < -0.4 is 5.32 Å². The smallest absolute Gasteiger partial charge is 0.373 e. The summed E-state index contributed by atoms with van der Waals surface area (Å²) in [5, 5.41) is 3.42. The Bertz CT molecular complexity index is 485. The summed E-state index contributed by atoms with van der Waals surface area (Å²) in [5.41, 5.74) is -0.277. The molecule has 0 amide bonds. The zero-order valence-electron chi connectivity index (χ0n) is 11.8. The Hall–Kier alpha value is -1.07. The van der Waals surface area contributed by atoms with Gasteiger partial charge in [-0.1, -0.05) is 18.2 Å². The second-order valence-electron chi connectivity index (χ2n) is 5.96. The van der Waals surface area contributed by atoms with Gasteiger partial charge < -0.3 is 10.1 Å². The van der Waals surface area contributed by atoms with Gasteiger partial charge in [-0.3, -0.25) is 0 Å². The van der Waals surface area contributed by atoms with E-state index in [0.717, 1.165) is 25.5 Å². The largest absolute Gasteiger partial charge is 0.416 e. The molecule has 1 aromatic carbocycles. The number of hydrogen-bond acceptors (Lipinski definition) is 2. The van der Waals surface area contributed by atoms with Crippen LogP contribution in [0.4, 0.5) is 13.2 Å². The minimum atomic E-state index is -4.33. The van der Waals surface area contributed by atoms with Gasteiger partial charge >= 0.3 is 6.18 Å². The third-order valence-corrected chi connectivity index (χ3v) is 4.26. The minimum Gasteiger partial charge on any atom is -0.373 e. The van der Waals surface area contributed by atoms with Crippen molar-refractivity contribution >= 4 is 0 Å². The molecule has 1 heterocycles. The molecule has 0 aromatic heterocycles. The first-order chi connectivity index (χ1) is 10.1. The molecule has 1 N–H and O–H groups in total. The fourth-order valence-corrected chi connectivity index (χ4v) is 3.00. The van der Waals surface area contributed by atoms with Gasteiger partial charge in [-0.25, -0.2) is 0 Å². The summed E-state index contributed by atoms with van der Waals surface area (Å²) in [7, 11) is 0. The molecule has 1 aliphatic carbocycles. The number of alkyl halides is 3. The molecule has 2 fully saturated rings. The average molecular weight is 299 g/mol. The molecule has 2 aliphatic rings. The maximum Gasteiger partial charge on any atom is 0.416 e. The second kappa shape index (κ2) is 5.97. The fourth-order valence-electron chi connectivity index (χ4n) is 3.00. The Morgan fingerprint density at radius 3 is 2.62 bits per heavy atom. The molecule has 5 heteroatoms. The van der Waals surface area contributed by atoms with E-state index in [0.29, 0.717) is 12.6 Å². The molecule has 1 saturated heterocycles. The molecule has 2 atom stereocenters. The number of benzene rings is 1. The highest BCUT2D eigenvalue weighted by Gasteiger charge is 2.38. The summed E-state index contributed by atoms with van der Waals surface area (Å²) in [6, 6.07) is 6.37. The first-order valence-corrected chi connectivity index (χ1v) is 7.57. The zero-order chi connectivity index (χ0) is 14.9. The summed E-state index contributed by atoms with van der Waals surface area (Å²) in [6.45, 7) is 1.28. The molecule has 21 heavy (non-hydrogen) atoms. The van der Waals surface area contributed by atoms with E-state index in [1.54, 1.807) is 12.1 Å². The highest BCUT2D eigenvalue weighted by Crippen LogP contribution is 2.41. The van der Waals surface area contributed by atoms with E-state index in [1.807, 2.05) is 0 Å². The van der Waals surface area contributed by atoms with Crippen LogP contribution in [0.2, 0.25) is 0 Å². The molecule has 0 bridgehead atoms. The van der Waals surface area contributed by atoms with Crippen molar-refractivity contribution in [3.8, 4) is 0 Å². The van der Waals surface area contributed by atoms with Gasteiger partial charge in [0.25, 0.3) is 0 Å². The minimum absolute atomic E-state index is 0.114. The topological polar surface area (TPSA) is 21.3 Å². The van der Waals surface area contributed by atoms with Crippen LogP contribution in [0.25, 0.3) is 0 Å². The van der Waals surface area contributed by atoms with Gasteiger partial charge in [0.1, 0.15) is 0 Å². The molecule has 116 valence electrons. The predicted octanol–water partition coefficient (Wildman–Crippen LogP) is 3.93. The Morgan fingerprint density at radius 2 is 1.90 bits per heavy atom. The van der Waals surface area contributed by atoms with E-state index >= 15 is 0 Å². The fraction of sp³-hybridized carbons (Fsp3) is 0.625. The Balaban J connectivity index is 1.81. The van der Waals surface area contributed by atoms with Crippen molar-refractivity contribution in [1.82, 2.24) is 5.32 Å². The lowest BCUT2D eigenvalue weighted by atomic mass is 9.87. The molecule has 0 spiro atoms. The number of ether oxygens (including phenoxy) is 1. The van der Waals surface area contributed by atoms with E-state index in [2.05, 4.69) is 5.32 Å². The lowest BCUT2D eigenvalue weighted by Gasteiger charge is -2.33. The third kappa shape index (κ3) is 3.58. The lowest BCUT2D eigenvalue weighted by molar-refractivity contribution is -0.140. The molecule has 1 aliphatic heterocycles. The van der Waals surface area contributed by atoms with Gasteiger partial charge in [-0.2, -0.15) is 13.2 Å². The lowest BCUT2D eigenvalue weighted by Crippen LogP contribution is -2.33. The van der Waals surface area contributed by atoms with Crippen molar-refractivity contribution in [2.75, 3.05) is 13.2 Å². The monoisotopic (exact) mass is 299 g/mol. The molecular formula is C16H20F3NO. The first kappa shape index (κ1) is 14.9. The Morgan fingerprint density at radius 1 is 1.14 bits per heavy atom. The SMILES string of the molecule is FC(F)(F)c1ccccc1C1OCCCC1CNC1CC1. The van der Waals surface area contributed by atoms with Crippen LogP contribution in [0.5, 0.6) is 0 Å². The van der Waals surface area contributed by atoms with Gasteiger partial charge in [0.05, 0.1) is 11.7 Å². The van der Waals surface area contributed by atoms with Crippen LogP contribution >= 0.6 is 0 Å². The van der Waals surface area contributed by atoms with E-state index in [4.69, 9.17) is 4.74 Å². The standard InChI is InChI=1S/C16H20F3NO/c17-16(18,19)14-6-2-1-5-13(14)15-11(4-3-9-21-15)10-20-12-7-8-12/h1-2,5-6,11-12,15,20H,3-4,7-10H2. The predicted molar refractivity (Wildman–Crippen MR) is 73.9 cm³/mol. The van der Waals surface area contributed by atoms with E-state index in [9.17, 15) is 13.2 Å². The van der Waals surface area contributed by atoms with Crippen molar-refractivity contribution in [2.24, 2.45) is 5.92 Å². The maximum absolute atomic E-state index is 13.2. The summed E-state index contributed by atoms with van der Waals surface area (Å²) in [6.07, 6.45) is -0.596. The van der Waals surface area contributed by atoms with Crippen molar-refractivity contribution in [2.45, 2.75) is 44.0 Å². The third-order valence-electron chi connectivity index (χ3n) is 4.26. The zero-order valence-corrected chi connectivity index (χ0v) is 11.8. The number of halogens is 3. The van der Waals surface area contributed by atoms with E-state index < -0.39 is 17.8 Å². The molecule has 2 nitrogen and oxygen atoms in total. The molecule has 0 radical (unpaired) electrons. The van der Waals surface area contributed by atoms with Crippen LogP contribution in [0, 0.1) is 5.92 Å². The molecule has 1 saturated carbocycles. The molecule has 2 unspecified atom stereocenters. The van der Waals surface area contributed by atoms with E-state index in [-0.39, 0.29) is 11.5 Å². The summed E-state index contributed by atoms with van der Waals surface area (Å²) >= 11 is 0. The van der Waals surface area contributed by atoms with Crippen molar-refractivity contribution in [3.63, 3.8) is 0 Å². The average Bonchev–Trinajstić information content (AvgIpc) is 3.29. The number of nitrogens with one attached hydrogen (secondary N) is 1. The summed E-state index contributed by atoms with van der Waals surface area (Å²) in [4.78, 5) is 0. The second-order valence-corrected chi connectivity index (χ2v) is 5.96. The van der Waals surface area contributed by atoms with Gasteiger partial charge in [-0.05, 0) is 37.3 Å². The van der Waals surface area contributed by atoms with Gasteiger partial charge in [0.15, 0.2) is 0 Å². The summed E-state index contributed by atoms with van der Waals surface area (Å²) in [5.74, 6) is 0.114. The van der Waals surface area contributed by atoms with Crippen molar-refractivity contribution in [3.05, 3.63) is 35.4 Å². The van der Waals surface area contributed by atoms with Crippen molar-refractivity contribution < 1.29 is 17.9 Å². The normalized spacial score (nSPS) is 26.8. The van der Waals surface area contributed by atoms with Gasteiger partial charge in [-0.15, -0.1) is 0 Å². The Kier molecular flexibility index (Phi) is 4.22. The maximum atomic E-state index is 13.2. The van der Waals surface area contributed by atoms with E-state index in [1.165, 1.54) is 18.9 Å². The van der Waals surface area contributed by atoms with Crippen LogP contribution in [0.3, 0.4) is 0 Å². The van der Waals surface area contributed by atoms with Crippen LogP contribution in [0.1, 0.15) is 42.9 Å². The van der Waals surface area contributed by atoms with Crippen molar-refractivity contribution in [1.29, 1.82) is 0 Å². The highest BCUT2D eigenvalue weighted by molar-refractivity contribution is 5.32. The van der Waals surface area contributed by atoms with Crippen LogP contribution in [0.15, 0.2) is 24.3 Å². The van der Waals surface area contributed by atoms with Gasteiger partial charge in [0, 0.05) is 25.1 Å². The first-order valence-electron chi connectivity index (χ1n) is 7.57. The molecule has 1 aromatic rings. The quantitative estimate of drug-likeness (QED) is 0.909. The van der Waals surface area contributed by atoms with Gasteiger partial charge in [0.2, 0.25) is 0 Å². The summed E-state index contributed by atoms with van der Waals surface area (Å²) < 4.78 is 45.3. The number of hydrogen-bond donors (Lipinski definition) is 1. The molecular weight excluding hydrogens is 279 g/mol. The number of rotatable bonds is 4. The molecule has 3 rings (SSSR count). The van der Waals surface area contributed by atoms with Crippen LogP contribution in [-0.2, 0) is 10.9 Å². The Labute approximate surface area is 122 Å². The highest BCUT2D eigenvalue weighted by atomic mass is 19.4. The van der Waals surface area contributed by atoms with Crippen LogP contribution in [-0.4, -0.2) is 19.2 Å².